The molecule has 0 unspecified atom stereocenters. The van der Waals surface area contributed by atoms with Crippen molar-refractivity contribution in [1.82, 2.24) is 10.2 Å². The number of amides is 2. The third-order valence-corrected chi connectivity index (χ3v) is 8.00. The number of halogens is 2. The zero-order valence-electron chi connectivity index (χ0n) is 20.1. The number of benzene rings is 3. The molecule has 190 valence electrons. The van der Waals surface area contributed by atoms with E-state index in [1.165, 1.54) is 11.9 Å². The number of nitrogens with zero attached hydrogens (tertiary/aromatic N) is 2. The molecule has 0 saturated heterocycles. The third kappa shape index (κ3) is 6.50. The second-order valence-corrected chi connectivity index (χ2v) is 11.0. The summed E-state index contributed by atoms with van der Waals surface area (Å²) in [6.07, 6.45) is 0. The van der Waals surface area contributed by atoms with Crippen LogP contribution in [0.1, 0.15) is 18.1 Å². The molecule has 3 aromatic rings. The molecule has 0 aliphatic rings. The Morgan fingerprint density at radius 3 is 2.11 bits per heavy atom. The van der Waals surface area contributed by atoms with Gasteiger partial charge in [-0.15, -0.1) is 0 Å². The maximum atomic E-state index is 13.6. The summed E-state index contributed by atoms with van der Waals surface area (Å²) in [5, 5.41) is 2.54. The van der Waals surface area contributed by atoms with Crippen molar-refractivity contribution in [3.05, 3.63) is 94.2 Å². The summed E-state index contributed by atoms with van der Waals surface area (Å²) in [7, 11) is -2.76. The number of likely N-dealkylation sites (N-methyl/N-ethyl adjacent to an activating group) is 1. The first kappa shape index (κ1) is 27.3. The van der Waals surface area contributed by atoms with Gasteiger partial charge in [-0.25, -0.2) is 12.8 Å². The molecule has 0 aliphatic carbocycles. The largest absolute Gasteiger partial charge is 0.357 e. The average Bonchev–Trinajstić information content (AvgIpc) is 2.86. The zero-order valence-corrected chi connectivity index (χ0v) is 22.5. The summed E-state index contributed by atoms with van der Waals surface area (Å²) < 4.78 is 42.5. The Kier molecular flexibility index (Phi) is 8.86. The molecule has 0 aromatic heterocycles. The number of rotatable bonds is 9. The summed E-state index contributed by atoms with van der Waals surface area (Å²) in [6, 6.07) is 17.5. The van der Waals surface area contributed by atoms with Crippen LogP contribution in [-0.2, 0) is 26.2 Å². The normalized spacial score (nSPS) is 12.0. The Labute approximate surface area is 219 Å². The Balaban J connectivity index is 2.01. The van der Waals surface area contributed by atoms with E-state index in [0.29, 0.717) is 0 Å². The van der Waals surface area contributed by atoms with Crippen LogP contribution in [0.2, 0.25) is 0 Å². The Morgan fingerprint density at radius 2 is 1.56 bits per heavy atom. The number of sulfonamides is 1. The van der Waals surface area contributed by atoms with E-state index in [4.69, 9.17) is 0 Å². The molecule has 3 rings (SSSR count). The molecule has 0 spiro atoms. The number of hydrogen-bond donors (Lipinski definition) is 1. The van der Waals surface area contributed by atoms with Gasteiger partial charge in [0.25, 0.3) is 10.0 Å². The van der Waals surface area contributed by atoms with Gasteiger partial charge in [-0.3, -0.25) is 13.9 Å². The highest BCUT2D eigenvalue weighted by molar-refractivity contribution is 9.10. The lowest BCUT2D eigenvalue weighted by molar-refractivity contribution is -0.139. The minimum Gasteiger partial charge on any atom is -0.357 e. The third-order valence-electron chi connectivity index (χ3n) is 5.68. The van der Waals surface area contributed by atoms with E-state index < -0.39 is 34.3 Å². The summed E-state index contributed by atoms with van der Waals surface area (Å²) in [4.78, 5) is 27.3. The molecule has 0 saturated carbocycles. The molecular weight excluding hydrogens is 549 g/mol. The van der Waals surface area contributed by atoms with Gasteiger partial charge >= 0.3 is 0 Å². The maximum Gasteiger partial charge on any atom is 0.264 e. The molecule has 0 fully saturated rings. The van der Waals surface area contributed by atoms with Gasteiger partial charge < -0.3 is 10.2 Å². The van der Waals surface area contributed by atoms with E-state index in [-0.39, 0.29) is 23.0 Å². The van der Waals surface area contributed by atoms with Gasteiger partial charge in [0.05, 0.1) is 10.6 Å². The van der Waals surface area contributed by atoms with Crippen molar-refractivity contribution in [2.75, 3.05) is 17.9 Å². The van der Waals surface area contributed by atoms with Crippen molar-refractivity contribution in [2.24, 2.45) is 0 Å². The number of carbonyl (C=O) groups is 2. The van der Waals surface area contributed by atoms with Crippen LogP contribution in [0.5, 0.6) is 0 Å². The first-order valence-corrected chi connectivity index (χ1v) is 13.4. The smallest absolute Gasteiger partial charge is 0.264 e. The number of aryl methyl sites for hydroxylation is 1. The van der Waals surface area contributed by atoms with Crippen LogP contribution < -0.4 is 9.62 Å². The van der Waals surface area contributed by atoms with Crippen molar-refractivity contribution in [1.29, 1.82) is 0 Å². The van der Waals surface area contributed by atoms with E-state index in [2.05, 4.69) is 21.2 Å². The van der Waals surface area contributed by atoms with E-state index in [0.717, 1.165) is 44.2 Å². The van der Waals surface area contributed by atoms with Gasteiger partial charge in [0.2, 0.25) is 11.8 Å². The fourth-order valence-corrected chi connectivity index (χ4v) is 5.23. The fraction of sp³-hybridized carbons (Fsp3) is 0.231. The highest BCUT2D eigenvalue weighted by Crippen LogP contribution is 2.25. The zero-order chi connectivity index (χ0) is 26.5. The lowest BCUT2D eigenvalue weighted by Crippen LogP contribution is -2.50. The van der Waals surface area contributed by atoms with Crippen molar-refractivity contribution in [3.8, 4) is 0 Å². The maximum absolute atomic E-state index is 13.6. The van der Waals surface area contributed by atoms with E-state index in [1.807, 2.05) is 31.2 Å². The average molecular weight is 576 g/mol. The molecule has 0 heterocycles. The Bertz CT molecular complexity index is 1310. The van der Waals surface area contributed by atoms with Crippen LogP contribution in [0.15, 0.2) is 82.2 Å². The second-order valence-electron chi connectivity index (χ2n) is 8.24. The minimum atomic E-state index is -4.23. The van der Waals surface area contributed by atoms with E-state index in [9.17, 15) is 22.4 Å². The van der Waals surface area contributed by atoms with Gasteiger partial charge in [-0.2, -0.15) is 0 Å². The molecular formula is C26H27BrFN3O4S. The van der Waals surface area contributed by atoms with Crippen molar-refractivity contribution in [2.45, 2.75) is 31.3 Å². The number of carbonyl (C=O) groups excluding carboxylic acids is 2. The van der Waals surface area contributed by atoms with Crippen molar-refractivity contribution in [3.63, 3.8) is 0 Å². The Morgan fingerprint density at radius 1 is 0.972 bits per heavy atom. The predicted molar refractivity (Wildman–Crippen MR) is 140 cm³/mol. The highest BCUT2D eigenvalue weighted by atomic mass is 79.9. The quantitative estimate of drug-likeness (QED) is 0.413. The van der Waals surface area contributed by atoms with Crippen LogP contribution >= 0.6 is 15.9 Å². The molecule has 1 N–H and O–H groups in total. The van der Waals surface area contributed by atoms with Gasteiger partial charge in [0.1, 0.15) is 18.4 Å². The molecule has 7 nitrogen and oxygen atoms in total. The first-order valence-electron chi connectivity index (χ1n) is 11.1. The monoisotopic (exact) mass is 575 g/mol. The van der Waals surface area contributed by atoms with Gasteiger partial charge in [0.15, 0.2) is 0 Å². The predicted octanol–water partition coefficient (Wildman–Crippen LogP) is 4.26. The highest BCUT2D eigenvalue weighted by Gasteiger charge is 2.32. The topological polar surface area (TPSA) is 86.8 Å². The molecule has 3 aromatic carbocycles. The second kappa shape index (κ2) is 11.7. The van der Waals surface area contributed by atoms with Gasteiger partial charge in [-0.05, 0) is 67.9 Å². The lowest BCUT2D eigenvalue weighted by Gasteiger charge is -2.31. The summed E-state index contributed by atoms with van der Waals surface area (Å²) in [5.41, 5.74) is 1.95. The number of hydrogen-bond acceptors (Lipinski definition) is 4. The minimum absolute atomic E-state index is 0.0963. The molecule has 0 aliphatic heterocycles. The fourth-order valence-electron chi connectivity index (χ4n) is 3.55. The van der Waals surface area contributed by atoms with Crippen LogP contribution in [0, 0.1) is 12.7 Å². The van der Waals surface area contributed by atoms with E-state index >= 15 is 0 Å². The molecule has 1 atom stereocenters. The number of anilines is 1. The van der Waals surface area contributed by atoms with E-state index in [1.54, 1.807) is 31.2 Å². The standard InChI is InChI=1S/C26H27BrFN3O4S/c1-18-4-12-23(13-5-18)31(36(34,35)24-14-10-22(28)11-15-24)17-25(32)30(19(2)26(33)29-3)16-20-6-8-21(27)9-7-20/h4-15,19H,16-17H2,1-3H3,(H,29,33)/t19-/m1/s1. The van der Waals surface area contributed by atoms with Crippen LogP contribution in [0.25, 0.3) is 0 Å². The summed E-state index contributed by atoms with van der Waals surface area (Å²) in [6.45, 7) is 2.98. The SMILES string of the molecule is CNC(=O)[C@@H](C)N(Cc1ccc(Br)cc1)C(=O)CN(c1ccc(C)cc1)S(=O)(=O)c1ccc(F)cc1. The number of nitrogens with one attached hydrogen (secondary N) is 1. The van der Waals surface area contributed by atoms with Crippen LogP contribution in [-0.4, -0.2) is 44.8 Å². The van der Waals surface area contributed by atoms with Crippen molar-refractivity contribution < 1.29 is 22.4 Å². The summed E-state index contributed by atoms with van der Waals surface area (Å²) >= 11 is 3.37. The Hall–Kier alpha value is -3.24. The van der Waals surface area contributed by atoms with Crippen LogP contribution in [0.3, 0.4) is 0 Å². The van der Waals surface area contributed by atoms with Gasteiger partial charge in [-0.1, -0.05) is 45.8 Å². The first-order chi connectivity index (χ1) is 17.0. The molecule has 0 bridgehead atoms. The molecule has 0 radical (unpaired) electrons. The molecule has 10 heteroatoms. The summed E-state index contributed by atoms with van der Waals surface area (Å²) in [5.74, 6) is -1.53. The van der Waals surface area contributed by atoms with Gasteiger partial charge in [0, 0.05) is 18.1 Å². The lowest BCUT2D eigenvalue weighted by atomic mass is 10.1. The van der Waals surface area contributed by atoms with Crippen LogP contribution in [0.4, 0.5) is 10.1 Å². The molecule has 36 heavy (non-hydrogen) atoms. The van der Waals surface area contributed by atoms with Crippen molar-refractivity contribution >= 4 is 43.5 Å². The molecule has 2 amide bonds.